The molecule has 1 fully saturated rings. The summed E-state index contributed by atoms with van der Waals surface area (Å²) in [4.78, 5) is 23.3. The van der Waals surface area contributed by atoms with Crippen LogP contribution in [-0.4, -0.2) is 32.4 Å². The second-order valence-electron chi connectivity index (χ2n) is 5.96. The molecule has 4 atom stereocenters. The molecule has 0 bridgehead atoms. The normalized spacial score (nSPS) is 25.7. The van der Waals surface area contributed by atoms with Gasteiger partial charge in [-0.05, 0) is 35.4 Å². The van der Waals surface area contributed by atoms with E-state index < -0.39 is 35.6 Å². The number of aliphatic carboxylic acids is 2. The van der Waals surface area contributed by atoms with Crippen molar-refractivity contribution in [2.24, 2.45) is 11.8 Å². The molecule has 2 aromatic carbocycles. The summed E-state index contributed by atoms with van der Waals surface area (Å²) in [5.74, 6) is -5.34. The van der Waals surface area contributed by atoms with Crippen molar-refractivity contribution in [1.29, 1.82) is 0 Å². The number of phenols is 2. The van der Waals surface area contributed by atoms with E-state index in [4.69, 9.17) is 0 Å². The quantitative estimate of drug-likeness (QED) is 0.685. The fourth-order valence-corrected chi connectivity index (χ4v) is 3.58. The molecule has 0 radical (unpaired) electrons. The van der Waals surface area contributed by atoms with E-state index in [-0.39, 0.29) is 11.5 Å². The lowest BCUT2D eigenvalue weighted by molar-refractivity contribution is -0.164. The van der Waals surface area contributed by atoms with Crippen LogP contribution in [0.5, 0.6) is 11.5 Å². The van der Waals surface area contributed by atoms with Crippen LogP contribution < -0.4 is 0 Å². The van der Waals surface area contributed by atoms with Gasteiger partial charge < -0.3 is 20.4 Å². The largest absolute Gasteiger partial charge is 0.508 e. The molecule has 1 aliphatic carbocycles. The summed E-state index contributed by atoms with van der Waals surface area (Å²) in [6.45, 7) is 0. The first-order chi connectivity index (χ1) is 11.4. The first kappa shape index (κ1) is 15.9. The molecular formula is C18H16O6. The van der Waals surface area contributed by atoms with E-state index in [1.165, 1.54) is 24.3 Å². The van der Waals surface area contributed by atoms with Gasteiger partial charge in [0.15, 0.2) is 0 Å². The molecule has 1 aliphatic rings. The van der Waals surface area contributed by atoms with Gasteiger partial charge in [-0.3, -0.25) is 9.59 Å². The van der Waals surface area contributed by atoms with Gasteiger partial charge in [0.05, 0.1) is 11.8 Å². The van der Waals surface area contributed by atoms with Gasteiger partial charge in [0.25, 0.3) is 0 Å². The van der Waals surface area contributed by atoms with E-state index in [2.05, 4.69) is 0 Å². The maximum Gasteiger partial charge on any atom is 0.308 e. The van der Waals surface area contributed by atoms with Crippen LogP contribution >= 0.6 is 0 Å². The molecule has 0 heterocycles. The highest BCUT2D eigenvalue weighted by Gasteiger charge is 2.58. The Morgan fingerprint density at radius 2 is 0.917 bits per heavy atom. The third-order valence-corrected chi connectivity index (χ3v) is 4.67. The number of carboxylic acid groups (broad SMARTS) is 2. The first-order valence-electron chi connectivity index (χ1n) is 7.43. The van der Waals surface area contributed by atoms with Gasteiger partial charge in [0.2, 0.25) is 0 Å². The first-order valence-corrected chi connectivity index (χ1v) is 7.43. The third-order valence-electron chi connectivity index (χ3n) is 4.67. The van der Waals surface area contributed by atoms with E-state index in [1.807, 2.05) is 0 Å². The van der Waals surface area contributed by atoms with Crippen LogP contribution in [0.15, 0.2) is 48.5 Å². The zero-order valence-electron chi connectivity index (χ0n) is 12.5. The minimum Gasteiger partial charge on any atom is -0.508 e. The Kier molecular flexibility index (Phi) is 3.89. The number of aromatic hydroxyl groups is 2. The fourth-order valence-electron chi connectivity index (χ4n) is 3.58. The van der Waals surface area contributed by atoms with Crippen LogP contribution in [0.25, 0.3) is 0 Å². The van der Waals surface area contributed by atoms with Gasteiger partial charge >= 0.3 is 11.9 Å². The summed E-state index contributed by atoms with van der Waals surface area (Å²) in [7, 11) is 0. The van der Waals surface area contributed by atoms with Gasteiger partial charge in [-0.15, -0.1) is 0 Å². The Bertz CT molecular complexity index is 698. The zero-order chi connectivity index (χ0) is 17.4. The van der Waals surface area contributed by atoms with E-state index in [1.54, 1.807) is 24.3 Å². The summed E-state index contributed by atoms with van der Waals surface area (Å²) in [6, 6.07) is 12.3. The lowest BCUT2D eigenvalue weighted by atomic mass is 9.52. The third kappa shape index (κ3) is 2.56. The lowest BCUT2D eigenvalue weighted by Gasteiger charge is -2.48. The predicted octanol–water partition coefficient (Wildman–Crippen LogP) is 2.38. The van der Waals surface area contributed by atoms with E-state index in [9.17, 15) is 30.0 Å². The van der Waals surface area contributed by atoms with Crippen molar-refractivity contribution in [1.82, 2.24) is 0 Å². The number of hydrogen-bond acceptors (Lipinski definition) is 4. The molecule has 0 saturated heterocycles. The van der Waals surface area contributed by atoms with Crippen molar-refractivity contribution in [2.45, 2.75) is 11.8 Å². The molecule has 0 aromatic heterocycles. The molecule has 0 spiro atoms. The Morgan fingerprint density at radius 1 is 0.625 bits per heavy atom. The predicted molar refractivity (Wildman–Crippen MR) is 83.9 cm³/mol. The summed E-state index contributed by atoms with van der Waals surface area (Å²) in [5, 5.41) is 37.8. The topological polar surface area (TPSA) is 115 Å². The fraction of sp³-hybridized carbons (Fsp3) is 0.222. The molecule has 6 heteroatoms. The molecule has 6 nitrogen and oxygen atoms in total. The van der Waals surface area contributed by atoms with E-state index in [0.29, 0.717) is 11.1 Å². The average molecular weight is 328 g/mol. The number of benzene rings is 2. The maximum atomic E-state index is 11.6. The van der Waals surface area contributed by atoms with Gasteiger partial charge in [-0.1, -0.05) is 24.3 Å². The Labute approximate surface area is 137 Å². The van der Waals surface area contributed by atoms with Crippen LogP contribution in [0.3, 0.4) is 0 Å². The number of carboxylic acids is 2. The van der Waals surface area contributed by atoms with E-state index in [0.717, 1.165) is 0 Å². The summed E-state index contributed by atoms with van der Waals surface area (Å²) in [6.07, 6.45) is 0. The summed E-state index contributed by atoms with van der Waals surface area (Å²) < 4.78 is 0. The SMILES string of the molecule is O=C(O)[C@H]1[C@H](C(=O)O)[C@@H](c2ccc(O)cc2)[C@@H]1c1ccc(O)cc1. The lowest BCUT2D eigenvalue weighted by Crippen LogP contribution is -2.51. The summed E-state index contributed by atoms with van der Waals surface area (Å²) in [5.41, 5.74) is 1.33. The highest BCUT2D eigenvalue weighted by Crippen LogP contribution is 2.58. The van der Waals surface area contributed by atoms with Crippen molar-refractivity contribution in [3.8, 4) is 11.5 Å². The van der Waals surface area contributed by atoms with E-state index >= 15 is 0 Å². The Balaban J connectivity index is 2.06. The van der Waals surface area contributed by atoms with Crippen LogP contribution in [0.4, 0.5) is 0 Å². The van der Waals surface area contributed by atoms with Crippen molar-refractivity contribution in [3.05, 3.63) is 59.7 Å². The Morgan fingerprint density at radius 3 is 1.17 bits per heavy atom. The van der Waals surface area contributed by atoms with Gasteiger partial charge in [-0.2, -0.15) is 0 Å². The van der Waals surface area contributed by atoms with Crippen molar-refractivity contribution >= 4 is 11.9 Å². The highest BCUT2D eigenvalue weighted by molar-refractivity contribution is 5.85. The zero-order valence-corrected chi connectivity index (χ0v) is 12.5. The Hall–Kier alpha value is -3.02. The number of hydrogen-bond donors (Lipinski definition) is 4. The molecular weight excluding hydrogens is 312 g/mol. The van der Waals surface area contributed by atoms with Crippen LogP contribution in [-0.2, 0) is 9.59 Å². The number of carbonyl (C=O) groups is 2. The minimum absolute atomic E-state index is 0.0564. The molecule has 0 aliphatic heterocycles. The number of phenolic OH excluding ortho intramolecular Hbond substituents is 2. The summed E-state index contributed by atoms with van der Waals surface area (Å²) >= 11 is 0. The van der Waals surface area contributed by atoms with Gasteiger partial charge in [-0.25, -0.2) is 0 Å². The second-order valence-corrected chi connectivity index (χ2v) is 5.96. The molecule has 1 saturated carbocycles. The van der Waals surface area contributed by atoms with Crippen molar-refractivity contribution in [2.75, 3.05) is 0 Å². The molecule has 24 heavy (non-hydrogen) atoms. The van der Waals surface area contributed by atoms with Crippen LogP contribution in [0.1, 0.15) is 23.0 Å². The molecule has 4 N–H and O–H groups in total. The molecule has 0 amide bonds. The molecule has 3 rings (SSSR count). The minimum atomic E-state index is -1.16. The molecule has 0 unspecified atom stereocenters. The van der Waals surface area contributed by atoms with Crippen molar-refractivity contribution < 1.29 is 30.0 Å². The average Bonchev–Trinajstić information content (AvgIpc) is 2.49. The van der Waals surface area contributed by atoms with Crippen molar-refractivity contribution in [3.63, 3.8) is 0 Å². The monoisotopic (exact) mass is 328 g/mol. The highest BCUT2D eigenvalue weighted by atomic mass is 16.4. The number of rotatable bonds is 4. The molecule has 124 valence electrons. The smallest absolute Gasteiger partial charge is 0.308 e. The second kappa shape index (κ2) is 5.88. The standard InChI is InChI=1S/C18H16O6/c19-11-5-1-9(2-6-11)13-14(10-3-7-12(20)8-4-10)16(18(23)24)15(13)17(21)22/h1-8,13-16,19-20H,(H,21,22)(H,23,24)/t13-,14-,15+,16+/m0/s1. The molecule has 2 aromatic rings. The van der Waals surface area contributed by atoms with Crippen LogP contribution in [0.2, 0.25) is 0 Å². The van der Waals surface area contributed by atoms with Gasteiger partial charge in [0.1, 0.15) is 11.5 Å². The maximum absolute atomic E-state index is 11.6. The van der Waals surface area contributed by atoms with Gasteiger partial charge in [0, 0.05) is 11.8 Å². The van der Waals surface area contributed by atoms with Crippen LogP contribution in [0, 0.1) is 11.8 Å².